The van der Waals surface area contributed by atoms with E-state index >= 15 is 0 Å². The van der Waals surface area contributed by atoms with Crippen LogP contribution < -0.4 is 16.4 Å². The van der Waals surface area contributed by atoms with Crippen LogP contribution in [0.5, 0.6) is 5.75 Å². The van der Waals surface area contributed by atoms with Crippen molar-refractivity contribution in [3.05, 3.63) is 71.1 Å². The molecule has 0 fully saturated rings. The summed E-state index contributed by atoms with van der Waals surface area (Å²) in [6.07, 6.45) is 1.15. The van der Waals surface area contributed by atoms with E-state index in [-0.39, 0.29) is 12.3 Å². The van der Waals surface area contributed by atoms with Crippen molar-refractivity contribution in [2.24, 2.45) is 5.73 Å². The van der Waals surface area contributed by atoms with E-state index < -0.39 is 23.9 Å². The van der Waals surface area contributed by atoms with Crippen LogP contribution in [0.3, 0.4) is 0 Å². The third kappa shape index (κ3) is 6.11. The molecule has 0 saturated carbocycles. The third-order valence-electron chi connectivity index (χ3n) is 4.32. The number of aryl methyl sites for hydroxylation is 1. The molecule has 28 heavy (non-hydrogen) atoms. The first-order chi connectivity index (χ1) is 13.4. The van der Waals surface area contributed by atoms with Gasteiger partial charge in [-0.3, -0.25) is 9.59 Å². The number of nitrogens with one attached hydrogen (secondary N) is 2. The predicted octanol–water partition coefficient (Wildman–Crippen LogP) is 2.02. The molecule has 2 rings (SSSR count). The molecule has 0 saturated heterocycles. The molecule has 0 radical (unpaired) electrons. The molecule has 2 atom stereocenters. The molecule has 0 unspecified atom stereocenters. The number of carbonyl (C=O) groups excluding carboxylic acids is 2. The van der Waals surface area contributed by atoms with E-state index in [0.717, 1.165) is 5.56 Å². The van der Waals surface area contributed by atoms with Gasteiger partial charge in [0.15, 0.2) is 5.69 Å². The average molecular weight is 380 g/mol. The van der Waals surface area contributed by atoms with Gasteiger partial charge >= 0.3 is 0 Å². The molecule has 0 aliphatic rings. The van der Waals surface area contributed by atoms with E-state index in [2.05, 4.69) is 15.5 Å². The van der Waals surface area contributed by atoms with Gasteiger partial charge in [0.05, 0.1) is 12.6 Å². The summed E-state index contributed by atoms with van der Waals surface area (Å²) in [4.78, 5) is 27.7. The second-order valence-electron chi connectivity index (χ2n) is 6.50. The van der Waals surface area contributed by atoms with Crippen molar-refractivity contribution in [1.82, 2.24) is 10.6 Å². The zero-order valence-corrected chi connectivity index (χ0v) is 15.7. The van der Waals surface area contributed by atoms with Crippen LogP contribution in [0.2, 0.25) is 0 Å². The Balaban J connectivity index is 1.81. The highest BCUT2D eigenvalue weighted by atomic mass is 16.3. The summed E-state index contributed by atoms with van der Waals surface area (Å²) < 4.78 is 0. The van der Waals surface area contributed by atoms with Crippen molar-refractivity contribution in [1.29, 1.82) is 0 Å². The van der Waals surface area contributed by atoms with Gasteiger partial charge in [-0.05, 0) is 37.5 Å². The number of benzene rings is 2. The standard InChI is InChI=1S/C21H24N4O3/c1-14(20(27)24-13-16-12-17(23-2)9-11-19(16)26)25-21(28)18(22)10-8-15-6-4-3-5-7-15/h3-7,9,11-12,14,18,26H,8,10,13,22H2,1H3,(H,24,27)(H,25,28)/t14-,18+/m0/s1. The summed E-state index contributed by atoms with van der Waals surface area (Å²) >= 11 is 0. The molecule has 2 aromatic rings. The van der Waals surface area contributed by atoms with E-state index in [1.807, 2.05) is 30.3 Å². The van der Waals surface area contributed by atoms with E-state index in [1.165, 1.54) is 18.2 Å². The van der Waals surface area contributed by atoms with Gasteiger partial charge in [-0.25, -0.2) is 4.85 Å². The molecule has 2 amide bonds. The molecule has 0 heterocycles. The summed E-state index contributed by atoms with van der Waals surface area (Å²) in [5, 5.41) is 15.1. The maximum Gasteiger partial charge on any atom is 0.242 e. The van der Waals surface area contributed by atoms with Crippen molar-refractivity contribution in [2.75, 3.05) is 0 Å². The van der Waals surface area contributed by atoms with Crippen molar-refractivity contribution in [3.8, 4) is 5.75 Å². The van der Waals surface area contributed by atoms with E-state index in [4.69, 9.17) is 12.3 Å². The fourth-order valence-corrected chi connectivity index (χ4v) is 2.60. The number of hydrogen-bond acceptors (Lipinski definition) is 4. The van der Waals surface area contributed by atoms with Crippen LogP contribution in [0.15, 0.2) is 48.5 Å². The zero-order valence-electron chi connectivity index (χ0n) is 15.7. The van der Waals surface area contributed by atoms with Crippen LogP contribution in [0.25, 0.3) is 4.85 Å². The van der Waals surface area contributed by atoms with Crippen LogP contribution in [0.4, 0.5) is 5.69 Å². The fraction of sp³-hybridized carbons (Fsp3) is 0.286. The summed E-state index contributed by atoms with van der Waals surface area (Å²) in [5.41, 5.74) is 7.82. The van der Waals surface area contributed by atoms with Crippen LogP contribution in [-0.4, -0.2) is 29.0 Å². The predicted molar refractivity (Wildman–Crippen MR) is 107 cm³/mol. The van der Waals surface area contributed by atoms with Crippen LogP contribution in [-0.2, 0) is 22.6 Å². The summed E-state index contributed by atoms with van der Waals surface area (Å²) in [6, 6.07) is 12.6. The zero-order chi connectivity index (χ0) is 20.5. The summed E-state index contributed by atoms with van der Waals surface area (Å²) in [5.74, 6) is -0.806. The lowest BCUT2D eigenvalue weighted by molar-refractivity contribution is -0.129. The minimum atomic E-state index is -0.776. The Morgan fingerprint density at radius 1 is 1.18 bits per heavy atom. The molecule has 5 N–H and O–H groups in total. The summed E-state index contributed by atoms with van der Waals surface area (Å²) in [7, 11) is 0. The first-order valence-electron chi connectivity index (χ1n) is 8.97. The highest BCUT2D eigenvalue weighted by Crippen LogP contribution is 2.23. The molecule has 0 aromatic heterocycles. The second kappa shape index (κ2) is 10.1. The van der Waals surface area contributed by atoms with Gasteiger partial charge in [0.1, 0.15) is 11.8 Å². The topological polar surface area (TPSA) is 109 Å². The number of carbonyl (C=O) groups is 2. The van der Waals surface area contributed by atoms with Gasteiger partial charge in [-0.15, -0.1) is 0 Å². The molecule has 0 aliphatic carbocycles. The average Bonchev–Trinajstić information content (AvgIpc) is 2.71. The minimum Gasteiger partial charge on any atom is -0.508 e. The van der Waals surface area contributed by atoms with Crippen LogP contribution >= 0.6 is 0 Å². The number of rotatable bonds is 8. The molecule has 7 nitrogen and oxygen atoms in total. The Kier molecular flexibility index (Phi) is 7.55. The number of nitrogens with two attached hydrogens (primary N) is 1. The van der Waals surface area contributed by atoms with Gasteiger partial charge in [-0.1, -0.05) is 36.4 Å². The van der Waals surface area contributed by atoms with Crippen molar-refractivity contribution in [2.45, 2.75) is 38.4 Å². The van der Waals surface area contributed by atoms with Gasteiger partial charge in [0, 0.05) is 12.1 Å². The number of nitrogens with zero attached hydrogens (tertiary/aromatic N) is 1. The Bertz CT molecular complexity index is 862. The Hall–Kier alpha value is -3.37. The maximum absolute atomic E-state index is 12.2. The lowest BCUT2D eigenvalue weighted by Gasteiger charge is -2.17. The number of aromatic hydroxyl groups is 1. The molecular formula is C21H24N4O3. The minimum absolute atomic E-state index is 0.00711. The van der Waals surface area contributed by atoms with Gasteiger partial charge in [0.25, 0.3) is 0 Å². The SMILES string of the molecule is [C-]#[N+]c1ccc(O)c(CNC(=O)[C@H](C)NC(=O)[C@H](N)CCc2ccccc2)c1. The number of hydrogen-bond donors (Lipinski definition) is 4. The smallest absolute Gasteiger partial charge is 0.242 e. The maximum atomic E-state index is 12.2. The number of amides is 2. The quantitative estimate of drug-likeness (QED) is 0.525. The lowest BCUT2D eigenvalue weighted by Crippen LogP contribution is -2.50. The molecule has 2 aromatic carbocycles. The highest BCUT2D eigenvalue weighted by Gasteiger charge is 2.20. The van der Waals surface area contributed by atoms with Crippen LogP contribution in [0, 0.1) is 6.57 Å². The molecule has 0 bridgehead atoms. The summed E-state index contributed by atoms with van der Waals surface area (Å²) in [6.45, 7) is 8.61. The van der Waals surface area contributed by atoms with Gasteiger partial charge in [0.2, 0.25) is 11.8 Å². The largest absolute Gasteiger partial charge is 0.508 e. The van der Waals surface area contributed by atoms with Crippen LogP contribution in [0.1, 0.15) is 24.5 Å². The first-order valence-corrected chi connectivity index (χ1v) is 8.97. The van der Waals surface area contributed by atoms with E-state index in [0.29, 0.717) is 24.1 Å². The molecule has 0 aliphatic heterocycles. The van der Waals surface area contributed by atoms with Gasteiger partial charge in [-0.2, -0.15) is 0 Å². The monoisotopic (exact) mass is 380 g/mol. The molecule has 146 valence electrons. The van der Waals surface area contributed by atoms with E-state index in [1.54, 1.807) is 6.92 Å². The van der Waals surface area contributed by atoms with Crippen molar-refractivity contribution >= 4 is 17.5 Å². The van der Waals surface area contributed by atoms with Crippen molar-refractivity contribution in [3.63, 3.8) is 0 Å². The Morgan fingerprint density at radius 2 is 1.89 bits per heavy atom. The molecular weight excluding hydrogens is 356 g/mol. The Morgan fingerprint density at radius 3 is 2.57 bits per heavy atom. The third-order valence-corrected chi connectivity index (χ3v) is 4.32. The molecule has 0 spiro atoms. The number of phenolic OH excluding ortho intramolecular Hbond substituents is 1. The normalized spacial score (nSPS) is 12.5. The van der Waals surface area contributed by atoms with E-state index in [9.17, 15) is 14.7 Å². The molecule has 7 heteroatoms. The fourth-order valence-electron chi connectivity index (χ4n) is 2.60. The second-order valence-corrected chi connectivity index (χ2v) is 6.50. The Labute approximate surface area is 164 Å². The van der Waals surface area contributed by atoms with Gasteiger partial charge < -0.3 is 21.5 Å². The van der Waals surface area contributed by atoms with Crippen molar-refractivity contribution < 1.29 is 14.7 Å². The number of phenols is 1. The lowest BCUT2D eigenvalue weighted by atomic mass is 10.1. The highest BCUT2D eigenvalue weighted by molar-refractivity contribution is 5.89. The first kappa shape index (κ1) is 20.9.